The van der Waals surface area contributed by atoms with E-state index in [9.17, 15) is 8.42 Å². The van der Waals surface area contributed by atoms with Gasteiger partial charge >= 0.3 is 0 Å². The summed E-state index contributed by atoms with van der Waals surface area (Å²) in [6.07, 6.45) is 1.18. The smallest absolute Gasteiger partial charge is 0.181 e. The lowest BCUT2D eigenvalue weighted by Crippen LogP contribution is -3.00. The van der Waals surface area contributed by atoms with E-state index in [1.54, 1.807) is 24.3 Å². The van der Waals surface area contributed by atoms with Gasteiger partial charge in [0.2, 0.25) is 0 Å². The Morgan fingerprint density at radius 3 is 2.08 bits per heavy atom. The van der Waals surface area contributed by atoms with Crippen molar-refractivity contribution in [2.45, 2.75) is 4.90 Å². The first-order valence-corrected chi connectivity index (χ1v) is 5.02. The van der Waals surface area contributed by atoms with E-state index in [0.717, 1.165) is 0 Å². The van der Waals surface area contributed by atoms with Crippen molar-refractivity contribution >= 4 is 15.5 Å². The second-order valence-electron chi connectivity index (χ2n) is 2.38. The third-order valence-corrected chi connectivity index (χ3v) is 2.57. The minimum Gasteiger partial charge on any atom is -1.00 e. The van der Waals surface area contributed by atoms with Gasteiger partial charge < -0.3 is 18.1 Å². The van der Waals surface area contributed by atoms with Crippen LogP contribution in [-0.4, -0.2) is 14.7 Å². The largest absolute Gasteiger partial charge is 1.00 e. The molecule has 68 valence electrons. The van der Waals surface area contributed by atoms with E-state index in [4.69, 9.17) is 0 Å². The lowest BCUT2D eigenvalue weighted by Gasteiger charge is -1.96. The van der Waals surface area contributed by atoms with Gasteiger partial charge in [0.25, 0.3) is 0 Å². The second kappa shape index (κ2) is 3.89. The van der Waals surface area contributed by atoms with Crippen LogP contribution in [0.3, 0.4) is 0 Å². The molecule has 3 nitrogen and oxygen atoms in total. The van der Waals surface area contributed by atoms with Crippen LogP contribution in [0, 0.1) is 0 Å². The molecule has 0 heterocycles. The van der Waals surface area contributed by atoms with Crippen molar-refractivity contribution in [2.75, 3.05) is 6.26 Å². The fourth-order valence-corrected chi connectivity index (χ4v) is 1.74. The summed E-state index contributed by atoms with van der Waals surface area (Å²) in [6, 6.07) is 6.68. The van der Waals surface area contributed by atoms with E-state index in [1.165, 1.54) is 6.26 Å². The van der Waals surface area contributed by atoms with Crippen LogP contribution in [-0.2, 0) is 9.84 Å². The third-order valence-electron chi connectivity index (χ3n) is 1.37. The van der Waals surface area contributed by atoms with Gasteiger partial charge in [-0.15, -0.1) is 0 Å². The Hall–Kier alpha value is -0.580. The zero-order chi connectivity index (χ0) is 8.48. The summed E-state index contributed by atoms with van der Waals surface area (Å²) in [4.78, 5) is 0.306. The van der Waals surface area contributed by atoms with Crippen molar-refractivity contribution in [1.82, 2.24) is 0 Å². The van der Waals surface area contributed by atoms with Crippen molar-refractivity contribution in [2.24, 2.45) is 0 Å². The summed E-state index contributed by atoms with van der Waals surface area (Å²) in [5, 5.41) is 0. The van der Waals surface area contributed by atoms with Crippen LogP contribution in [0.25, 0.3) is 0 Å². The van der Waals surface area contributed by atoms with Gasteiger partial charge in [-0.2, -0.15) is 0 Å². The summed E-state index contributed by atoms with van der Waals surface area (Å²) in [5.41, 5.74) is 4.16. The highest BCUT2D eigenvalue weighted by Crippen LogP contribution is 2.14. The highest BCUT2D eigenvalue weighted by atomic mass is 35.5. The van der Waals surface area contributed by atoms with E-state index < -0.39 is 9.84 Å². The normalized spacial score (nSPS) is 10.5. The summed E-state index contributed by atoms with van der Waals surface area (Å²) >= 11 is 0. The average molecular weight is 208 g/mol. The molecule has 5 heteroatoms. The average Bonchev–Trinajstić information content (AvgIpc) is 1.86. The lowest BCUT2D eigenvalue weighted by molar-refractivity contribution is -0.258. The van der Waals surface area contributed by atoms with Gasteiger partial charge in [0.1, 0.15) is 10.6 Å². The molecule has 0 amide bonds. The van der Waals surface area contributed by atoms with Crippen molar-refractivity contribution < 1.29 is 26.6 Å². The Morgan fingerprint density at radius 1 is 1.25 bits per heavy atom. The first-order valence-electron chi connectivity index (χ1n) is 3.13. The number of sulfone groups is 1. The van der Waals surface area contributed by atoms with Crippen molar-refractivity contribution in [3.8, 4) is 0 Å². The molecular weight excluding hydrogens is 198 g/mol. The number of quaternary nitrogens is 1. The monoisotopic (exact) mass is 207 g/mol. The molecule has 0 saturated carbocycles. The van der Waals surface area contributed by atoms with E-state index in [2.05, 4.69) is 5.73 Å². The van der Waals surface area contributed by atoms with E-state index >= 15 is 0 Å². The molecule has 0 aliphatic rings. The van der Waals surface area contributed by atoms with Crippen LogP contribution in [0.4, 0.5) is 5.69 Å². The van der Waals surface area contributed by atoms with Gasteiger partial charge in [0.05, 0.1) is 0 Å². The van der Waals surface area contributed by atoms with Crippen molar-refractivity contribution in [3.05, 3.63) is 24.3 Å². The quantitative estimate of drug-likeness (QED) is 0.533. The predicted molar refractivity (Wildman–Crippen MR) is 42.1 cm³/mol. The topological polar surface area (TPSA) is 61.8 Å². The van der Waals surface area contributed by atoms with Gasteiger partial charge in [-0.05, 0) is 6.07 Å². The van der Waals surface area contributed by atoms with E-state index in [1.807, 2.05) is 0 Å². The van der Waals surface area contributed by atoms with Crippen LogP contribution >= 0.6 is 0 Å². The molecule has 0 spiro atoms. The molecule has 0 bridgehead atoms. The SMILES string of the molecule is CS(=O)(=O)c1ccccc1[NH3+].[Cl-]. The molecule has 1 aromatic carbocycles. The molecule has 0 fully saturated rings. The highest BCUT2D eigenvalue weighted by molar-refractivity contribution is 7.90. The minimum absolute atomic E-state index is 0. The summed E-state index contributed by atoms with van der Waals surface area (Å²) in [6.45, 7) is 0. The van der Waals surface area contributed by atoms with E-state index in [-0.39, 0.29) is 12.4 Å². The molecule has 0 aliphatic carbocycles. The van der Waals surface area contributed by atoms with Gasteiger partial charge in [-0.3, -0.25) is 0 Å². The lowest BCUT2D eigenvalue weighted by atomic mass is 10.3. The first kappa shape index (κ1) is 11.4. The molecular formula is C7H10ClNO2S. The third kappa shape index (κ3) is 2.48. The Bertz CT molecular complexity index is 361. The zero-order valence-electron chi connectivity index (χ0n) is 6.62. The predicted octanol–water partition coefficient (Wildman–Crippen LogP) is -3.03. The standard InChI is InChI=1S/C7H9NO2S.ClH/c1-11(9,10)7-5-3-2-4-6(7)8;/h2-5H,8H2,1H3;1H. The highest BCUT2D eigenvalue weighted by Gasteiger charge is 2.11. The maximum atomic E-state index is 11.0. The molecule has 0 unspecified atom stereocenters. The van der Waals surface area contributed by atoms with Crippen molar-refractivity contribution in [3.63, 3.8) is 0 Å². The first-order chi connectivity index (χ1) is 5.02. The van der Waals surface area contributed by atoms with Gasteiger partial charge in [0.15, 0.2) is 9.84 Å². The number of hydrogen-bond acceptors (Lipinski definition) is 2. The molecule has 0 aromatic heterocycles. The molecule has 1 rings (SSSR count). The maximum Gasteiger partial charge on any atom is 0.181 e. The van der Waals surface area contributed by atoms with Crippen LogP contribution in [0.1, 0.15) is 0 Å². The van der Waals surface area contributed by atoms with Gasteiger partial charge in [-0.25, -0.2) is 8.42 Å². The number of rotatable bonds is 1. The fourth-order valence-electron chi connectivity index (χ4n) is 0.866. The van der Waals surface area contributed by atoms with Crippen molar-refractivity contribution in [1.29, 1.82) is 0 Å². The molecule has 0 aliphatic heterocycles. The fraction of sp³-hybridized carbons (Fsp3) is 0.143. The van der Waals surface area contributed by atoms with Crippen LogP contribution in [0.5, 0.6) is 0 Å². The maximum absolute atomic E-state index is 11.0. The Kier molecular flexibility index (Phi) is 3.70. The summed E-state index contributed by atoms with van der Waals surface area (Å²) in [7, 11) is -3.10. The molecule has 1 aromatic rings. The Morgan fingerprint density at radius 2 is 1.75 bits per heavy atom. The Labute approximate surface area is 77.9 Å². The Balaban J connectivity index is 0.00000121. The van der Waals surface area contributed by atoms with Crippen LogP contribution in [0.2, 0.25) is 0 Å². The molecule has 3 N–H and O–H groups in total. The second-order valence-corrected chi connectivity index (χ2v) is 4.36. The summed E-state index contributed by atoms with van der Waals surface area (Å²) < 4.78 is 22.0. The van der Waals surface area contributed by atoms with Gasteiger partial charge in [0, 0.05) is 12.3 Å². The summed E-state index contributed by atoms with van der Waals surface area (Å²) in [5.74, 6) is 0. The molecule has 0 saturated heterocycles. The molecule has 0 atom stereocenters. The molecule has 12 heavy (non-hydrogen) atoms. The molecule has 0 radical (unpaired) electrons. The number of hydrogen-bond donors (Lipinski definition) is 1. The number of halogens is 1. The zero-order valence-corrected chi connectivity index (χ0v) is 8.19. The number of benzene rings is 1. The van der Waals surface area contributed by atoms with Crippen LogP contribution in [0.15, 0.2) is 29.2 Å². The van der Waals surface area contributed by atoms with E-state index in [0.29, 0.717) is 10.6 Å². The minimum atomic E-state index is -3.10. The van der Waals surface area contributed by atoms with Crippen LogP contribution < -0.4 is 18.1 Å². The van der Waals surface area contributed by atoms with Gasteiger partial charge in [-0.1, -0.05) is 12.1 Å².